The highest BCUT2D eigenvalue weighted by molar-refractivity contribution is 6.20. The van der Waals surface area contributed by atoms with Crippen LogP contribution in [0.5, 0.6) is 17.2 Å². The van der Waals surface area contributed by atoms with Gasteiger partial charge in [0.1, 0.15) is 28.6 Å². The van der Waals surface area contributed by atoms with Gasteiger partial charge in [-0.2, -0.15) is 0 Å². The summed E-state index contributed by atoms with van der Waals surface area (Å²) in [6.07, 6.45) is 0.619. The van der Waals surface area contributed by atoms with Gasteiger partial charge >= 0.3 is 5.97 Å². The van der Waals surface area contributed by atoms with E-state index in [1.54, 1.807) is 41.5 Å². The normalized spacial score (nSPS) is 20.2. The molecule has 1 N–H and O–H groups in total. The van der Waals surface area contributed by atoms with Crippen LogP contribution < -0.4 is 9.47 Å². The predicted octanol–water partition coefficient (Wildman–Crippen LogP) is 6.16. The second-order valence-corrected chi connectivity index (χ2v) is 12.5. The van der Waals surface area contributed by atoms with Crippen molar-refractivity contribution < 1.29 is 33.8 Å². The Morgan fingerprint density at radius 3 is 2.11 bits per heavy atom. The summed E-state index contributed by atoms with van der Waals surface area (Å²) in [7, 11) is 0. The molecule has 3 rings (SSSR count). The Morgan fingerprint density at radius 1 is 1.00 bits per heavy atom. The van der Waals surface area contributed by atoms with Gasteiger partial charge in [-0.15, -0.1) is 0 Å². The molecule has 1 atom stereocenters. The maximum absolute atomic E-state index is 13.8. The van der Waals surface area contributed by atoms with Crippen molar-refractivity contribution in [3.05, 3.63) is 28.5 Å². The van der Waals surface area contributed by atoms with Crippen molar-refractivity contribution in [1.29, 1.82) is 0 Å². The number of carbonyl (C=O) groups excluding carboxylic acids is 4. The molecular formula is C30H40O7. The van der Waals surface area contributed by atoms with Gasteiger partial charge in [0.2, 0.25) is 0 Å². The lowest BCUT2D eigenvalue weighted by molar-refractivity contribution is -0.144. The van der Waals surface area contributed by atoms with Crippen LogP contribution in [0.3, 0.4) is 0 Å². The maximum atomic E-state index is 13.8. The van der Waals surface area contributed by atoms with Crippen LogP contribution in [0.4, 0.5) is 0 Å². The largest absolute Gasteiger partial charge is 0.507 e. The number of rotatable bonds is 7. The van der Waals surface area contributed by atoms with E-state index < -0.39 is 28.6 Å². The van der Waals surface area contributed by atoms with Crippen LogP contribution >= 0.6 is 0 Å². The monoisotopic (exact) mass is 512 g/mol. The number of aromatic hydroxyl groups is 1. The molecule has 1 aliphatic heterocycles. The lowest BCUT2D eigenvalue weighted by Gasteiger charge is -2.45. The quantitative estimate of drug-likeness (QED) is 0.202. The minimum atomic E-state index is -1.27. The number of phenols is 1. The number of hydrogen-bond donors (Lipinski definition) is 1. The summed E-state index contributed by atoms with van der Waals surface area (Å²) in [4.78, 5) is 53.0. The average Bonchev–Trinajstić information content (AvgIpc) is 2.75. The molecule has 1 aromatic carbocycles. The second kappa shape index (κ2) is 9.73. The molecule has 0 fully saturated rings. The van der Waals surface area contributed by atoms with E-state index >= 15 is 0 Å². The summed E-state index contributed by atoms with van der Waals surface area (Å²) < 4.78 is 11.8. The standard InChI is InChI=1S/C30H40O7/c1-14(2)11-17-21-19(36-26-22(17)25(33)29(7,8)28(35)30(26,9)10)13-20(37-27(34)16(5)6)23(24(21)32)18(31)12-15(3)4/h13-17,32H,11-12H2,1-10H3. The number of carbonyl (C=O) groups is 4. The van der Waals surface area contributed by atoms with Gasteiger partial charge in [0.05, 0.1) is 16.7 Å². The zero-order chi connectivity index (χ0) is 28.2. The van der Waals surface area contributed by atoms with Gasteiger partial charge < -0.3 is 14.6 Å². The van der Waals surface area contributed by atoms with Crippen molar-refractivity contribution in [2.75, 3.05) is 0 Å². The maximum Gasteiger partial charge on any atom is 0.313 e. The molecule has 1 aliphatic carbocycles. The van der Waals surface area contributed by atoms with E-state index in [0.29, 0.717) is 17.6 Å². The lowest BCUT2D eigenvalue weighted by Crippen LogP contribution is -2.51. The highest BCUT2D eigenvalue weighted by Crippen LogP contribution is 2.57. The Morgan fingerprint density at radius 2 is 1.59 bits per heavy atom. The summed E-state index contributed by atoms with van der Waals surface area (Å²) in [5.74, 6) is -2.45. The predicted molar refractivity (Wildman–Crippen MR) is 140 cm³/mol. The molecule has 0 amide bonds. The first kappa shape index (κ1) is 28.6. The zero-order valence-electron chi connectivity index (χ0n) is 23.7. The molecule has 1 heterocycles. The van der Waals surface area contributed by atoms with Crippen LogP contribution in [0.15, 0.2) is 17.4 Å². The van der Waals surface area contributed by atoms with Gasteiger partial charge in [-0.3, -0.25) is 19.2 Å². The SMILES string of the molecule is CC(C)CC(=O)c1c(OC(=O)C(C)C)cc2c(c1O)C(CC(C)C)C1=C(O2)C(C)(C)C(=O)C(C)(C)C1=O. The number of esters is 1. The minimum absolute atomic E-state index is 0.00105. The third kappa shape index (κ3) is 4.85. The van der Waals surface area contributed by atoms with Crippen molar-refractivity contribution in [2.45, 2.75) is 88.0 Å². The van der Waals surface area contributed by atoms with Crippen LogP contribution in [0.2, 0.25) is 0 Å². The van der Waals surface area contributed by atoms with Crippen LogP contribution in [-0.2, 0) is 14.4 Å². The fourth-order valence-corrected chi connectivity index (χ4v) is 5.33. The van der Waals surface area contributed by atoms with Crippen molar-refractivity contribution in [1.82, 2.24) is 0 Å². The second-order valence-electron chi connectivity index (χ2n) is 12.5. The van der Waals surface area contributed by atoms with Gasteiger partial charge in [-0.25, -0.2) is 0 Å². The number of phenolic OH excluding ortho intramolecular Hbond substituents is 1. The summed E-state index contributed by atoms with van der Waals surface area (Å²) in [5, 5.41) is 11.6. The first-order chi connectivity index (χ1) is 16.9. The van der Waals surface area contributed by atoms with Gasteiger partial charge in [-0.1, -0.05) is 41.5 Å². The van der Waals surface area contributed by atoms with Crippen LogP contribution in [-0.4, -0.2) is 28.4 Å². The van der Waals surface area contributed by atoms with E-state index in [-0.39, 0.29) is 64.2 Å². The molecule has 0 aromatic heterocycles. The molecule has 37 heavy (non-hydrogen) atoms. The first-order valence-corrected chi connectivity index (χ1v) is 13.1. The molecular weight excluding hydrogens is 472 g/mol. The summed E-state index contributed by atoms with van der Waals surface area (Å²) in [6, 6.07) is 1.45. The zero-order valence-corrected chi connectivity index (χ0v) is 23.7. The van der Waals surface area contributed by atoms with Crippen molar-refractivity contribution in [3.63, 3.8) is 0 Å². The van der Waals surface area contributed by atoms with Gasteiger partial charge in [-0.05, 0) is 46.0 Å². The Hall–Kier alpha value is -2.96. The Bertz CT molecular complexity index is 1190. The summed E-state index contributed by atoms with van der Waals surface area (Å²) >= 11 is 0. The molecule has 7 nitrogen and oxygen atoms in total. The number of ketones is 3. The molecule has 0 radical (unpaired) electrons. The Kier molecular flexibility index (Phi) is 7.52. The number of allylic oxidation sites excluding steroid dienone is 2. The van der Waals surface area contributed by atoms with E-state index in [1.807, 2.05) is 27.7 Å². The van der Waals surface area contributed by atoms with E-state index in [4.69, 9.17) is 9.47 Å². The molecule has 202 valence electrons. The molecule has 0 bridgehead atoms. The van der Waals surface area contributed by atoms with Crippen LogP contribution in [0.1, 0.15) is 104 Å². The molecule has 0 spiro atoms. The molecule has 1 aromatic rings. The Balaban J connectivity index is 2.37. The van der Waals surface area contributed by atoms with Crippen molar-refractivity contribution in [2.24, 2.45) is 28.6 Å². The fourth-order valence-electron chi connectivity index (χ4n) is 5.33. The number of hydrogen-bond acceptors (Lipinski definition) is 7. The lowest BCUT2D eigenvalue weighted by atomic mass is 9.59. The van der Waals surface area contributed by atoms with Gasteiger partial charge in [0, 0.05) is 29.5 Å². The molecule has 2 aliphatic rings. The van der Waals surface area contributed by atoms with E-state index in [9.17, 15) is 24.3 Å². The fraction of sp³-hybridized carbons (Fsp3) is 0.600. The van der Waals surface area contributed by atoms with E-state index in [2.05, 4.69) is 0 Å². The third-order valence-electron chi connectivity index (χ3n) is 7.20. The smallest absolute Gasteiger partial charge is 0.313 e. The van der Waals surface area contributed by atoms with E-state index in [1.165, 1.54) is 6.07 Å². The average molecular weight is 513 g/mol. The molecule has 0 saturated heterocycles. The Labute approximate surface area is 219 Å². The number of ether oxygens (including phenoxy) is 2. The van der Waals surface area contributed by atoms with Crippen LogP contribution in [0, 0.1) is 28.6 Å². The number of fused-ring (bicyclic) bond motifs is 1. The van der Waals surface area contributed by atoms with Gasteiger partial charge in [0.15, 0.2) is 17.3 Å². The van der Waals surface area contributed by atoms with Crippen LogP contribution in [0.25, 0.3) is 0 Å². The molecule has 0 saturated carbocycles. The van der Waals surface area contributed by atoms with Crippen molar-refractivity contribution in [3.8, 4) is 17.2 Å². The van der Waals surface area contributed by atoms with Gasteiger partial charge in [0.25, 0.3) is 0 Å². The van der Waals surface area contributed by atoms with Crippen molar-refractivity contribution >= 4 is 23.3 Å². The summed E-state index contributed by atoms with van der Waals surface area (Å²) in [6.45, 7) is 17.8. The minimum Gasteiger partial charge on any atom is -0.507 e. The number of Topliss-reactive ketones (excluding diaryl/α,β-unsaturated/α-hetero) is 3. The first-order valence-electron chi connectivity index (χ1n) is 13.1. The molecule has 7 heteroatoms. The topological polar surface area (TPSA) is 107 Å². The third-order valence-corrected chi connectivity index (χ3v) is 7.20. The highest BCUT2D eigenvalue weighted by atomic mass is 16.5. The van der Waals surface area contributed by atoms with E-state index in [0.717, 1.165) is 0 Å². The molecule has 1 unspecified atom stereocenters. The number of benzene rings is 1. The summed E-state index contributed by atoms with van der Waals surface area (Å²) in [5.41, 5.74) is -1.77. The highest BCUT2D eigenvalue weighted by Gasteiger charge is 2.57.